The predicted octanol–water partition coefficient (Wildman–Crippen LogP) is 2.65. The summed E-state index contributed by atoms with van der Waals surface area (Å²) in [7, 11) is 0. The molecular formula is C13H22ClF3N2O. The third kappa shape index (κ3) is 5.87. The predicted molar refractivity (Wildman–Crippen MR) is 72.8 cm³/mol. The Morgan fingerprint density at radius 2 is 1.85 bits per heavy atom. The second kappa shape index (κ2) is 7.50. The summed E-state index contributed by atoms with van der Waals surface area (Å²) < 4.78 is 37.9. The highest BCUT2D eigenvalue weighted by Gasteiger charge is 2.42. The number of hydrogen-bond acceptors (Lipinski definition) is 2. The molecular weight excluding hydrogens is 293 g/mol. The van der Waals surface area contributed by atoms with E-state index >= 15 is 0 Å². The van der Waals surface area contributed by atoms with Gasteiger partial charge in [0.15, 0.2) is 0 Å². The Morgan fingerprint density at radius 3 is 2.45 bits per heavy atom. The monoisotopic (exact) mass is 314 g/mol. The average molecular weight is 315 g/mol. The molecule has 2 unspecified atom stereocenters. The van der Waals surface area contributed by atoms with Gasteiger partial charge in [0.2, 0.25) is 5.91 Å². The van der Waals surface area contributed by atoms with Crippen molar-refractivity contribution in [1.82, 2.24) is 10.6 Å². The summed E-state index contributed by atoms with van der Waals surface area (Å²) in [5.41, 5.74) is 0. The lowest BCUT2D eigenvalue weighted by atomic mass is 9.85. The van der Waals surface area contributed by atoms with Crippen molar-refractivity contribution in [2.45, 2.75) is 50.7 Å². The molecule has 0 aromatic heterocycles. The third-order valence-electron chi connectivity index (χ3n) is 3.92. The van der Waals surface area contributed by atoms with Gasteiger partial charge in [-0.15, -0.1) is 12.4 Å². The Hall–Kier alpha value is -0.490. The van der Waals surface area contributed by atoms with Crippen LogP contribution >= 0.6 is 12.4 Å². The summed E-state index contributed by atoms with van der Waals surface area (Å²) in [6.07, 6.45) is -0.304. The molecule has 0 saturated heterocycles. The van der Waals surface area contributed by atoms with Crippen molar-refractivity contribution < 1.29 is 18.0 Å². The highest BCUT2D eigenvalue weighted by atomic mass is 35.5. The Morgan fingerprint density at radius 1 is 1.15 bits per heavy atom. The molecule has 2 saturated carbocycles. The van der Waals surface area contributed by atoms with Crippen molar-refractivity contribution in [2.24, 2.45) is 11.8 Å². The van der Waals surface area contributed by atoms with Gasteiger partial charge in [-0.2, -0.15) is 13.2 Å². The van der Waals surface area contributed by atoms with Gasteiger partial charge < -0.3 is 10.6 Å². The lowest BCUT2D eigenvalue weighted by molar-refractivity contribution is -0.184. The van der Waals surface area contributed by atoms with Gasteiger partial charge in [0.05, 0.1) is 12.5 Å². The molecule has 2 aliphatic carbocycles. The van der Waals surface area contributed by atoms with Gasteiger partial charge in [-0.25, -0.2) is 0 Å². The Kier molecular flexibility index (Phi) is 6.58. The van der Waals surface area contributed by atoms with Crippen LogP contribution < -0.4 is 10.6 Å². The van der Waals surface area contributed by atoms with Crippen LogP contribution in [0.5, 0.6) is 0 Å². The van der Waals surface area contributed by atoms with Gasteiger partial charge in [-0.1, -0.05) is 6.42 Å². The summed E-state index contributed by atoms with van der Waals surface area (Å²) in [6, 6.07) is -0.324. The number of amides is 1. The van der Waals surface area contributed by atoms with E-state index in [-0.39, 0.29) is 43.7 Å². The first-order chi connectivity index (χ1) is 8.95. The van der Waals surface area contributed by atoms with E-state index in [9.17, 15) is 18.0 Å². The number of carbonyl (C=O) groups excluding carboxylic acids is 1. The highest BCUT2D eigenvalue weighted by Crippen LogP contribution is 2.37. The van der Waals surface area contributed by atoms with Gasteiger partial charge in [-0.3, -0.25) is 4.79 Å². The van der Waals surface area contributed by atoms with E-state index in [2.05, 4.69) is 10.6 Å². The van der Waals surface area contributed by atoms with E-state index in [1.54, 1.807) is 0 Å². The summed E-state index contributed by atoms with van der Waals surface area (Å²) >= 11 is 0. The fourth-order valence-corrected chi connectivity index (χ4v) is 2.61. The van der Waals surface area contributed by atoms with Crippen molar-refractivity contribution >= 4 is 18.3 Å². The van der Waals surface area contributed by atoms with Crippen LogP contribution in [0.15, 0.2) is 0 Å². The first kappa shape index (κ1) is 17.6. The first-order valence-electron chi connectivity index (χ1n) is 7.02. The minimum Gasteiger partial charge on any atom is -0.352 e. The summed E-state index contributed by atoms with van der Waals surface area (Å²) in [4.78, 5) is 11.6. The quantitative estimate of drug-likeness (QED) is 0.819. The molecule has 0 bridgehead atoms. The summed E-state index contributed by atoms with van der Waals surface area (Å²) in [5.74, 6) is -0.753. The molecule has 0 aromatic rings. The molecule has 2 N–H and O–H groups in total. The Bertz CT molecular complexity index is 321. The minimum atomic E-state index is -4.13. The molecule has 1 amide bonds. The molecule has 2 fully saturated rings. The number of carbonyl (C=O) groups is 1. The first-order valence-corrected chi connectivity index (χ1v) is 7.02. The molecule has 7 heteroatoms. The second-order valence-electron chi connectivity index (χ2n) is 5.74. The van der Waals surface area contributed by atoms with Crippen LogP contribution in [0.25, 0.3) is 0 Å². The Balaban J connectivity index is 0.00000200. The van der Waals surface area contributed by atoms with Crippen molar-refractivity contribution in [3.63, 3.8) is 0 Å². The van der Waals surface area contributed by atoms with Gasteiger partial charge in [0, 0.05) is 6.04 Å². The minimum absolute atomic E-state index is 0. The Labute approximate surface area is 123 Å². The van der Waals surface area contributed by atoms with Gasteiger partial charge in [-0.05, 0) is 44.6 Å². The van der Waals surface area contributed by atoms with Crippen molar-refractivity contribution in [2.75, 3.05) is 13.1 Å². The van der Waals surface area contributed by atoms with Crippen LogP contribution in [0.3, 0.4) is 0 Å². The molecule has 0 aromatic carbocycles. The number of rotatable bonds is 5. The maximum absolute atomic E-state index is 12.6. The van der Waals surface area contributed by atoms with Crippen molar-refractivity contribution in [1.29, 1.82) is 0 Å². The van der Waals surface area contributed by atoms with Crippen molar-refractivity contribution in [3.8, 4) is 0 Å². The van der Waals surface area contributed by atoms with E-state index < -0.39 is 12.1 Å². The van der Waals surface area contributed by atoms with E-state index in [1.807, 2.05) is 0 Å². The number of hydrogen-bond donors (Lipinski definition) is 2. The van der Waals surface area contributed by atoms with Crippen molar-refractivity contribution in [3.05, 3.63) is 0 Å². The molecule has 2 rings (SSSR count). The van der Waals surface area contributed by atoms with Gasteiger partial charge in [0.25, 0.3) is 0 Å². The SMILES string of the molecule is Cl.O=C(CNCC1CC1)NC1CCCC(C(F)(F)F)C1. The van der Waals surface area contributed by atoms with Gasteiger partial charge >= 0.3 is 6.18 Å². The van der Waals surface area contributed by atoms with Crippen LogP contribution in [0.2, 0.25) is 0 Å². The van der Waals surface area contributed by atoms with Crippen LogP contribution in [-0.2, 0) is 4.79 Å². The number of halogens is 4. The average Bonchev–Trinajstić information content (AvgIpc) is 3.12. The smallest absolute Gasteiger partial charge is 0.352 e. The topological polar surface area (TPSA) is 41.1 Å². The number of alkyl halides is 3. The fraction of sp³-hybridized carbons (Fsp3) is 0.923. The van der Waals surface area contributed by atoms with E-state index in [0.29, 0.717) is 18.8 Å². The normalized spacial score (nSPS) is 26.8. The summed E-state index contributed by atoms with van der Waals surface area (Å²) in [6.45, 7) is 1.05. The molecule has 0 aliphatic heterocycles. The largest absolute Gasteiger partial charge is 0.391 e. The zero-order valence-corrected chi connectivity index (χ0v) is 12.2. The molecule has 0 spiro atoms. The molecule has 20 heavy (non-hydrogen) atoms. The van der Waals surface area contributed by atoms with E-state index in [0.717, 1.165) is 6.54 Å². The van der Waals surface area contributed by atoms with Gasteiger partial charge in [0.1, 0.15) is 0 Å². The molecule has 2 atom stereocenters. The summed E-state index contributed by atoms with van der Waals surface area (Å²) in [5, 5.41) is 5.76. The third-order valence-corrected chi connectivity index (χ3v) is 3.92. The maximum Gasteiger partial charge on any atom is 0.391 e. The maximum atomic E-state index is 12.6. The number of nitrogens with one attached hydrogen (secondary N) is 2. The lowest BCUT2D eigenvalue weighted by Crippen LogP contribution is -2.44. The zero-order chi connectivity index (χ0) is 13.9. The van der Waals surface area contributed by atoms with Crippen LogP contribution in [-0.4, -0.2) is 31.2 Å². The fourth-order valence-electron chi connectivity index (χ4n) is 2.61. The molecule has 0 radical (unpaired) electrons. The van der Waals surface area contributed by atoms with Crippen LogP contribution in [0.4, 0.5) is 13.2 Å². The zero-order valence-electron chi connectivity index (χ0n) is 11.3. The molecule has 3 nitrogen and oxygen atoms in total. The van der Waals surface area contributed by atoms with E-state index in [1.165, 1.54) is 12.8 Å². The molecule has 118 valence electrons. The van der Waals surface area contributed by atoms with Crippen LogP contribution in [0.1, 0.15) is 38.5 Å². The van der Waals surface area contributed by atoms with E-state index in [4.69, 9.17) is 0 Å². The van der Waals surface area contributed by atoms with Crippen LogP contribution in [0, 0.1) is 11.8 Å². The standard InChI is InChI=1S/C13H21F3N2O.ClH/c14-13(15,16)10-2-1-3-11(6-10)18-12(19)8-17-7-9-4-5-9;/h9-11,17H,1-8H2,(H,18,19);1H. The molecule has 0 heterocycles. The highest BCUT2D eigenvalue weighted by molar-refractivity contribution is 5.85. The second-order valence-corrected chi connectivity index (χ2v) is 5.74. The lowest BCUT2D eigenvalue weighted by Gasteiger charge is -2.31. The molecule has 2 aliphatic rings.